The average Bonchev–Trinajstić information content (AvgIpc) is 2.29. The van der Waals surface area contributed by atoms with Gasteiger partial charge in [-0.2, -0.15) is 13.2 Å². The van der Waals surface area contributed by atoms with Crippen LogP contribution in [-0.4, -0.2) is 17.1 Å². The molecule has 0 aliphatic carbocycles. The fourth-order valence-electron chi connectivity index (χ4n) is 1.33. The van der Waals surface area contributed by atoms with Crippen LogP contribution in [0.5, 0.6) is 5.75 Å². The van der Waals surface area contributed by atoms with Crippen LogP contribution in [0.2, 0.25) is 0 Å². The van der Waals surface area contributed by atoms with Crippen molar-refractivity contribution in [1.82, 2.24) is 0 Å². The molecule has 19 heavy (non-hydrogen) atoms. The summed E-state index contributed by atoms with van der Waals surface area (Å²) in [5.74, 6) is -1.27. The van der Waals surface area contributed by atoms with Gasteiger partial charge in [0.25, 0.3) is 0 Å². The minimum Gasteiger partial charge on any atom is -0.506 e. The van der Waals surface area contributed by atoms with E-state index in [1.165, 1.54) is 0 Å². The molecule has 7 heteroatoms. The second kappa shape index (κ2) is 5.48. The van der Waals surface area contributed by atoms with E-state index in [9.17, 15) is 23.1 Å². The smallest absolute Gasteiger partial charge is 0.416 e. The Kier molecular flexibility index (Phi) is 4.41. The van der Waals surface area contributed by atoms with Crippen molar-refractivity contribution < 1.29 is 23.1 Å². The van der Waals surface area contributed by atoms with Crippen molar-refractivity contribution in [2.24, 2.45) is 11.7 Å². The number of nitrogens with two attached hydrogens (primary N) is 1. The molecule has 0 saturated heterocycles. The van der Waals surface area contributed by atoms with Gasteiger partial charge in [-0.3, -0.25) is 4.79 Å². The number of nitrogens with one attached hydrogen (secondary N) is 1. The molecule has 0 heterocycles. The van der Waals surface area contributed by atoms with Gasteiger partial charge in [0.05, 0.1) is 17.3 Å². The fraction of sp³-hybridized carbons (Fsp3) is 0.417. The van der Waals surface area contributed by atoms with E-state index in [0.29, 0.717) is 6.07 Å². The summed E-state index contributed by atoms with van der Waals surface area (Å²) < 4.78 is 37.5. The van der Waals surface area contributed by atoms with Crippen LogP contribution in [0.25, 0.3) is 0 Å². The van der Waals surface area contributed by atoms with Crippen LogP contribution in [0, 0.1) is 5.92 Å². The van der Waals surface area contributed by atoms with E-state index < -0.39 is 29.4 Å². The van der Waals surface area contributed by atoms with E-state index in [1.807, 2.05) is 0 Å². The number of phenols is 1. The van der Waals surface area contributed by atoms with Crippen LogP contribution in [0.4, 0.5) is 18.9 Å². The quantitative estimate of drug-likeness (QED) is 0.742. The first kappa shape index (κ1) is 15.3. The zero-order chi connectivity index (χ0) is 14.8. The number of hydrogen-bond acceptors (Lipinski definition) is 3. The molecule has 4 N–H and O–H groups in total. The van der Waals surface area contributed by atoms with Crippen LogP contribution in [0.1, 0.15) is 19.4 Å². The number of carbonyl (C=O) groups excluding carboxylic acids is 1. The Hall–Kier alpha value is -1.76. The van der Waals surface area contributed by atoms with Gasteiger partial charge in [-0.25, -0.2) is 0 Å². The molecule has 1 atom stereocenters. The van der Waals surface area contributed by atoms with Crippen LogP contribution >= 0.6 is 0 Å². The standard InChI is InChI=1S/C12H15F3N2O2/c1-6(2)10(16)11(19)17-8-5-7(12(13,14)15)3-4-9(8)18/h3-6,10,18H,16H2,1-2H3,(H,17,19). The Morgan fingerprint density at radius 1 is 1.37 bits per heavy atom. The minimum atomic E-state index is -4.55. The predicted octanol–water partition coefficient (Wildman–Crippen LogP) is 2.33. The van der Waals surface area contributed by atoms with Crippen molar-refractivity contribution in [2.45, 2.75) is 26.1 Å². The average molecular weight is 276 g/mol. The number of rotatable bonds is 3. The molecule has 0 aliphatic rings. The largest absolute Gasteiger partial charge is 0.506 e. The first-order chi connectivity index (χ1) is 8.62. The van der Waals surface area contributed by atoms with Crippen LogP contribution in [-0.2, 0) is 11.0 Å². The molecule has 0 aliphatic heterocycles. The highest BCUT2D eigenvalue weighted by Gasteiger charge is 2.31. The zero-order valence-electron chi connectivity index (χ0n) is 10.5. The summed E-state index contributed by atoms with van der Waals surface area (Å²) in [4.78, 5) is 11.6. The Morgan fingerprint density at radius 2 is 1.95 bits per heavy atom. The molecule has 0 fully saturated rings. The van der Waals surface area contributed by atoms with Crippen LogP contribution in [0.15, 0.2) is 18.2 Å². The first-order valence-electron chi connectivity index (χ1n) is 5.59. The molecule has 0 bridgehead atoms. The van der Waals surface area contributed by atoms with E-state index in [2.05, 4.69) is 5.32 Å². The van der Waals surface area contributed by atoms with Gasteiger partial charge in [-0.15, -0.1) is 0 Å². The van der Waals surface area contributed by atoms with Gasteiger partial charge in [0.1, 0.15) is 5.75 Å². The molecular weight excluding hydrogens is 261 g/mol. The van der Waals surface area contributed by atoms with Gasteiger partial charge in [0.2, 0.25) is 5.91 Å². The number of benzene rings is 1. The molecular formula is C12H15F3N2O2. The lowest BCUT2D eigenvalue weighted by Gasteiger charge is -2.17. The monoisotopic (exact) mass is 276 g/mol. The Labute approximate surface area is 108 Å². The summed E-state index contributed by atoms with van der Waals surface area (Å²) in [5.41, 5.74) is 4.30. The van der Waals surface area contributed by atoms with Crippen molar-refractivity contribution in [3.63, 3.8) is 0 Å². The Balaban J connectivity index is 2.98. The summed E-state index contributed by atoms with van der Waals surface area (Å²) in [6.45, 7) is 3.41. The van der Waals surface area contributed by atoms with E-state index in [4.69, 9.17) is 5.73 Å². The molecule has 1 aromatic rings. The van der Waals surface area contributed by atoms with Gasteiger partial charge in [-0.1, -0.05) is 13.8 Å². The number of halogens is 3. The van der Waals surface area contributed by atoms with Gasteiger partial charge < -0.3 is 16.2 Å². The lowest BCUT2D eigenvalue weighted by atomic mass is 10.0. The summed E-state index contributed by atoms with van der Waals surface area (Å²) in [6, 6.07) is 1.40. The van der Waals surface area contributed by atoms with Crippen molar-refractivity contribution in [3.8, 4) is 5.75 Å². The minimum absolute atomic E-state index is 0.173. The zero-order valence-corrected chi connectivity index (χ0v) is 10.5. The van der Waals surface area contributed by atoms with Crippen molar-refractivity contribution in [3.05, 3.63) is 23.8 Å². The van der Waals surface area contributed by atoms with E-state index >= 15 is 0 Å². The molecule has 1 rings (SSSR count). The number of alkyl halides is 3. The van der Waals surface area contributed by atoms with Gasteiger partial charge in [0.15, 0.2) is 0 Å². The van der Waals surface area contributed by atoms with E-state index in [-0.39, 0.29) is 11.6 Å². The van der Waals surface area contributed by atoms with Crippen LogP contribution in [0.3, 0.4) is 0 Å². The maximum absolute atomic E-state index is 12.5. The highest BCUT2D eigenvalue weighted by atomic mass is 19.4. The van der Waals surface area contributed by atoms with E-state index in [0.717, 1.165) is 12.1 Å². The Bertz CT molecular complexity index is 473. The van der Waals surface area contributed by atoms with Crippen molar-refractivity contribution >= 4 is 11.6 Å². The molecule has 106 valence electrons. The molecule has 1 amide bonds. The molecule has 1 aromatic carbocycles. The summed E-state index contributed by atoms with van der Waals surface area (Å²) in [6.07, 6.45) is -4.55. The molecule has 0 radical (unpaired) electrons. The topological polar surface area (TPSA) is 75.4 Å². The lowest BCUT2D eigenvalue weighted by molar-refractivity contribution is -0.137. The lowest BCUT2D eigenvalue weighted by Crippen LogP contribution is -2.39. The maximum atomic E-state index is 12.5. The normalized spacial score (nSPS) is 13.4. The third-order valence-corrected chi connectivity index (χ3v) is 2.60. The second-order valence-electron chi connectivity index (χ2n) is 4.49. The molecule has 1 unspecified atom stereocenters. The number of phenolic OH excluding ortho intramolecular Hbond substituents is 1. The fourth-order valence-corrected chi connectivity index (χ4v) is 1.33. The second-order valence-corrected chi connectivity index (χ2v) is 4.49. The summed E-state index contributed by atoms with van der Waals surface area (Å²) >= 11 is 0. The van der Waals surface area contributed by atoms with E-state index in [1.54, 1.807) is 13.8 Å². The number of amides is 1. The SMILES string of the molecule is CC(C)C(N)C(=O)Nc1cc(C(F)(F)F)ccc1O. The number of anilines is 1. The maximum Gasteiger partial charge on any atom is 0.416 e. The van der Waals surface area contributed by atoms with Gasteiger partial charge in [0, 0.05) is 0 Å². The van der Waals surface area contributed by atoms with Crippen LogP contribution < -0.4 is 11.1 Å². The van der Waals surface area contributed by atoms with Gasteiger partial charge >= 0.3 is 6.18 Å². The third kappa shape index (κ3) is 3.85. The first-order valence-corrected chi connectivity index (χ1v) is 5.59. The molecule has 4 nitrogen and oxygen atoms in total. The number of hydrogen-bond donors (Lipinski definition) is 3. The molecule has 0 spiro atoms. The highest BCUT2D eigenvalue weighted by molar-refractivity contribution is 5.96. The number of aromatic hydroxyl groups is 1. The predicted molar refractivity (Wildman–Crippen MR) is 64.6 cm³/mol. The molecule has 0 aromatic heterocycles. The van der Waals surface area contributed by atoms with Gasteiger partial charge in [-0.05, 0) is 24.1 Å². The summed E-state index contributed by atoms with van der Waals surface area (Å²) in [7, 11) is 0. The summed E-state index contributed by atoms with van der Waals surface area (Å²) in [5, 5.41) is 11.6. The Morgan fingerprint density at radius 3 is 2.42 bits per heavy atom. The van der Waals surface area contributed by atoms with Crippen molar-refractivity contribution in [1.29, 1.82) is 0 Å². The third-order valence-electron chi connectivity index (χ3n) is 2.60. The molecule has 0 saturated carbocycles. The number of carbonyl (C=O) groups is 1. The highest BCUT2D eigenvalue weighted by Crippen LogP contribution is 2.34. The van der Waals surface area contributed by atoms with Crippen molar-refractivity contribution in [2.75, 3.05) is 5.32 Å².